The van der Waals surface area contributed by atoms with Gasteiger partial charge in [0.05, 0.1) is 7.11 Å². The number of nitrogens with one attached hydrogen (secondary N) is 1. The van der Waals surface area contributed by atoms with Gasteiger partial charge in [0.1, 0.15) is 24.1 Å². The third-order valence-corrected chi connectivity index (χ3v) is 3.80. The molecular formula is C19H17F3N2O2. The van der Waals surface area contributed by atoms with Gasteiger partial charge in [-0.15, -0.1) is 0 Å². The standard InChI is InChI=1S/C19H17F3N2O2/c1-25-15-9-7-14(8-10-15)23-17(19(20,21)22)11-18-24-16(12-26-18)13-5-3-2-4-6-13/h2-11,16,23H,12H2,1H3. The molecule has 0 saturated heterocycles. The van der Waals surface area contributed by atoms with Gasteiger partial charge in [0.25, 0.3) is 0 Å². The molecule has 0 spiro atoms. The van der Waals surface area contributed by atoms with Gasteiger partial charge < -0.3 is 14.8 Å². The highest BCUT2D eigenvalue weighted by Crippen LogP contribution is 2.30. The Morgan fingerprint density at radius 2 is 1.85 bits per heavy atom. The van der Waals surface area contributed by atoms with Crippen LogP contribution in [0.15, 0.2) is 71.4 Å². The van der Waals surface area contributed by atoms with Crippen LogP contribution in [0.5, 0.6) is 5.75 Å². The van der Waals surface area contributed by atoms with E-state index in [4.69, 9.17) is 9.47 Å². The van der Waals surface area contributed by atoms with E-state index < -0.39 is 11.9 Å². The van der Waals surface area contributed by atoms with Crippen LogP contribution in [-0.4, -0.2) is 25.8 Å². The first-order valence-corrected chi connectivity index (χ1v) is 7.91. The van der Waals surface area contributed by atoms with Crippen LogP contribution >= 0.6 is 0 Å². The van der Waals surface area contributed by atoms with E-state index in [0.29, 0.717) is 5.75 Å². The molecule has 1 aliphatic rings. The molecule has 4 nitrogen and oxygen atoms in total. The molecule has 1 atom stereocenters. The number of alkyl halides is 3. The molecule has 136 valence electrons. The summed E-state index contributed by atoms with van der Waals surface area (Å²) in [6, 6.07) is 15.1. The minimum atomic E-state index is -4.57. The molecule has 3 rings (SSSR count). The number of rotatable bonds is 5. The van der Waals surface area contributed by atoms with Crippen LogP contribution in [-0.2, 0) is 4.74 Å². The van der Waals surface area contributed by atoms with Gasteiger partial charge in [0, 0.05) is 11.8 Å². The van der Waals surface area contributed by atoms with Crippen molar-refractivity contribution in [3.8, 4) is 5.75 Å². The smallest absolute Gasteiger partial charge is 0.431 e. The van der Waals surface area contributed by atoms with Gasteiger partial charge in [-0.3, -0.25) is 0 Å². The van der Waals surface area contributed by atoms with Crippen molar-refractivity contribution in [2.24, 2.45) is 4.99 Å². The highest BCUT2D eigenvalue weighted by molar-refractivity contribution is 5.90. The molecule has 0 aliphatic carbocycles. The number of nitrogens with zero attached hydrogens (tertiary/aromatic N) is 1. The number of methoxy groups -OCH3 is 1. The van der Waals surface area contributed by atoms with E-state index in [1.54, 1.807) is 12.1 Å². The van der Waals surface area contributed by atoms with Crippen molar-refractivity contribution in [1.29, 1.82) is 0 Å². The molecule has 0 bridgehead atoms. The molecule has 1 unspecified atom stereocenters. The van der Waals surface area contributed by atoms with Gasteiger partial charge >= 0.3 is 6.18 Å². The number of allylic oxidation sites excluding steroid dienone is 1. The number of benzene rings is 2. The van der Waals surface area contributed by atoms with E-state index in [2.05, 4.69) is 10.3 Å². The molecule has 0 amide bonds. The lowest BCUT2D eigenvalue weighted by atomic mass is 10.1. The molecule has 0 radical (unpaired) electrons. The van der Waals surface area contributed by atoms with Crippen LogP contribution in [0, 0.1) is 0 Å². The van der Waals surface area contributed by atoms with Crippen molar-refractivity contribution in [1.82, 2.24) is 0 Å². The molecule has 2 aromatic carbocycles. The molecule has 1 aliphatic heterocycles. The Labute approximate surface area is 149 Å². The maximum atomic E-state index is 13.4. The van der Waals surface area contributed by atoms with Crippen LogP contribution in [0.2, 0.25) is 0 Å². The monoisotopic (exact) mass is 362 g/mol. The Morgan fingerprint density at radius 1 is 1.15 bits per heavy atom. The molecule has 0 saturated carbocycles. The van der Waals surface area contributed by atoms with Crippen LogP contribution in [0.4, 0.5) is 18.9 Å². The Bertz CT molecular complexity index is 800. The van der Waals surface area contributed by atoms with Crippen molar-refractivity contribution in [3.63, 3.8) is 0 Å². The second-order valence-electron chi connectivity index (χ2n) is 5.61. The second kappa shape index (κ2) is 7.51. The highest BCUT2D eigenvalue weighted by Gasteiger charge is 2.35. The number of halogens is 3. The largest absolute Gasteiger partial charge is 0.497 e. The van der Waals surface area contributed by atoms with E-state index in [-0.39, 0.29) is 24.2 Å². The minimum absolute atomic E-state index is 0.0489. The molecule has 26 heavy (non-hydrogen) atoms. The summed E-state index contributed by atoms with van der Waals surface area (Å²) in [6.07, 6.45) is -3.69. The number of anilines is 1. The van der Waals surface area contributed by atoms with E-state index >= 15 is 0 Å². The van der Waals surface area contributed by atoms with Crippen molar-refractivity contribution in [2.45, 2.75) is 12.2 Å². The fourth-order valence-corrected chi connectivity index (χ4v) is 2.46. The molecule has 1 N–H and O–H groups in total. The van der Waals surface area contributed by atoms with Gasteiger partial charge in [-0.05, 0) is 29.8 Å². The first-order chi connectivity index (χ1) is 12.5. The summed E-state index contributed by atoms with van der Waals surface area (Å²) in [5, 5.41) is 2.37. The molecule has 1 heterocycles. The topological polar surface area (TPSA) is 42.8 Å². The van der Waals surface area contributed by atoms with Gasteiger partial charge in [0.2, 0.25) is 5.90 Å². The van der Waals surface area contributed by atoms with Gasteiger partial charge in [0.15, 0.2) is 0 Å². The summed E-state index contributed by atoms with van der Waals surface area (Å²) < 4.78 is 50.4. The van der Waals surface area contributed by atoms with Gasteiger partial charge in [-0.25, -0.2) is 4.99 Å². The van der Waals surface area contributed by atoms with Crippen molar-refractivity contribution >= 4 is 11.6 Å². The Kier molecular flexibility index (Phi) is 5.16. The van der Waals surface area contributed by atoms with Crippen LogP contribution in [0.25, 0.3) is 0 Å². The van der Waals surface area contributed by atoms with Crippen LogP contribution in [0.3, 0.4) is 0 Å². The van der Waals surface area contributed by atoms with Crippen molar-refractivity contribution in [3.05, 3.63) is 71.9 Å². The maximum Gasteiger partial charge on any atom is 0.431 e. The molecule has 0 aromatic heterocycles. The predicted octanol–water partition coefficient (Wildman–Crippen LogP) is 4.72. The molecule has 7 heteroatoms. The van der Waals surface area contributed by atoms with Crippen LogP contribution in [0.1, 0.15) is 11.6 Å². The summed E-state index contributed by atoms with van der Waals surface area (Å²) in [6.45, 7) is 0.212. The first-order valence-electron chi connectivity index (χ1n) is 7.91. The zero-order chi connectivity index (χ0) is 18.6. The third-order valence-electron chi connectivity index (χ3n) is 3.80. The maximum absolute atomic E-state index is 13.4. The molecule has 0 fully saturated rings. The zero-order valence-corrected chi connectivity index (χ0v) is 14.0. The normalized spacial score (nSPS) is 17.5. The van der Waals surface area contributed by atoms with E-state index in [9.17, 15) is 13.2 Å². The summed E-state index contributed by atoms with van der Waals surface area (Å²) in [4.78, 5) is 4.24. The Hall–Kier alpha value is -2.96. The van der Waals surface area contributed by atoms with E-state index in [0.717, 1.165) is 11.6 Å². The van der Waals surface area contributed by atoms with Crippen molar-refractivity contribution < 1.29 is 22.6 Å². The van der Waals surface area contributed by atoms with E-state index in [1.165, 1.54) is 19.2 Å². The summed E-state index contributed by atoms with van der Waals surface area (Å²) in [7, 11) is 1.49. The van der Waals surface area contributed by atoms with Gasteiger partial charge in [-0.2, -0.15) is 13.2 Å². The summed E-state index contributed by atoms with van der Waals surface area (Å²) >= 11 is 0. The number of hydrogen-bond donors (Lipinski definition) is 1. The zero-order valence-electron chi connectivity index (χ0n) is 14.0. The lowest BCUT2D eigenvalue weighted by molar-refractivity contribution is -0.0902. The van der Waals surface area contributed by atoms with E-state index in [1.807, 2.05) is 30.3 Å². The van der Waals surface area contributed by atoms with Crippen molar-refractivity contribution in [2.75, 3.05) is 19.0 Å². The average molecular weight is 362 g/mol. The molecule has 2 aromatic rings. The fourth-order valence-electron chi connectivity index (χ4n) is 2.46. The average Bonchev–Trinajstić information content (AvgIpc) is 3.10. The number of hydrogen-bond acceptors (Lipinski definition) is 4. The third kappa shape index (κ3) is 4.36. The molecular weight excluding hydrogens is 345 g/mol. The predicted molar refractivity (Wildman–Crippen MR) is 93.3 cm³/mol. The lowest BCUT2D eigenvalue weighted by Gasteiger charge is -2.14. The lowest BCUT2D eigenvalue weighted by Crippen LogP contribution is -2.20. The quantitative estimate of drug-likeness (QED) is 0.837. The first kappa shape index (κ1) is 17.8. The SMILES string of the molecule is COc1ccc(NC(=CC2=NC(c3ccccc3)CO2)C(F)(F)F)cc1. The second-order valence-corrected chi connectivity index (χ2v) is 5.61. The Balaban J connectivity index is 1.81. The minimum Gasteiger partial charge on any atom is -0.497 e. The van der Waals surface area contributed by atoms with Crippen LogP contribution < -0.4 is 10.1 Å². The summed E-state index contributed by atoms with van der Waals surface area (Å²) in [5.41, 5.74) is 0.232. The van der Waals surface area contributed by atoms with Gasteiger partial charge in [-0.1, -0.05) is 30.3 Å². The number of aliphatic imine (C=N–C) groups is 1. The Morgan fingerprint density at radius 3 is 2.46 bits per heavy atom. The number of ether oxygens (including phenoxy) is 2. The summed E-state index contributed by atoms with van der Waals surface area (Å²) in [5.74, 6) is 0.509. The highest BCUT2D eigenvalue weighted by atomic mass is 19.4. The fraction of sp³-hybridized carbons (Fsp3) is 0.211.